The van der Waals surface area contributed by atoms with Crippen LogP contribution in [0.15, 0.2) is 24.3 Å². The van der Waals surface area contributed by atoms with E-state index in [0.717, 1.165) is 0 Å². The fourth-order valence-electron chi connectivity index (χ4n) is 1.26. The number of rotatable bonds is 4. The van der Waals surface area contributed by atoms with Crippen LogP contribution in [0.25, 0.3) is 0 Å². The first-order valence-electron chi connectivity index (χ1n) is 4.44. The Balaban J connectivity index is 2.75. The number of hydrogen-bond acceptors (Lipinski definition) is 4. The number of nitrogens with two attached hydrogens (primary N) is 1. The summed E-state index contributed by atoms with van der Waals surface area (Å²) >= 11 is 0. The van der Waals surface area contributed by atoms with E-state index in [4.69, 9.17) is 10.8 Å². The number of aliphatic carboxylic acids is 1. The Morgan fingerprint density at radius 1 is 1.40 bits per heavy atom. The van der Waals surface area contributed by atoms with Gasteiger partial charge in [-0.1, -0.05) is 12.1 Å². The molecule has 0 fully saturated rings. The third kappa shape index (κ3) is 3.23. The predicted octanol–water partition coefficient (Wildman–Crippen LogP) is 0.138. The lowest BCUT2D eigenvalue weighted by molar-refractivity contribution is -0.141. The first kappa shape index (κ1) is 11.5. The van der Waals surface area contributed by atoms with Crippen LogP contribution in [0.1, 0.15) is 18.1 Å². The lowest BCUT2D eigenvalue weighted by Gasteiger charge is -2.16. The van der Waals surface area contributed by atoms with Crippen molar-refractivity contribution in [3.63, 3.8) is 0 Å². The molecule has 0 bridgehead atoms. The molecule has 0 amide bonds. The molecule has 0 saturated heterocycles. The van der Waals surface area contributed by atoms with Gasteiger partial charge in [-0.15, -0.1) is 0 Å². The molecule has 0 heterocycles. The smallest absolute Gasteiger partial charge is 0.306 e. The van der Waals surface area contributed by atoms with E-state index in [1.54, 1.807) is 18.2 Å². The summed E-state index contributed by atoms with van der Waals surface area (Å²) in [5.74, 6) is -1.16. The zero-order chi connectivity index (χ0) is 11.4. The van der Waals surface area contributed by atoms with Crippen LogP contribution in [-0.4, -0.2) is 27.4 Å². The average molecular weight is 211 g/mol. The summed E-state index contributed by atoms with van der Waals surface area (Å²) in [5, 5.41) is 27.4. The Morgan fingerprint density at radius 2 is 2.07 bits per heavy atom. The van der Waals surface area contributed by atoms with Crippen molar-refractivity contribution in [3.05, 3.63) is 29.8 Å². The molecule has 0 spiro atoms. The second kappa shape index (κ2) is 4.77. The van der Waals surface area contributed by atoms with Gasteiger partial charge in [0.05, 0.1) is 12.5 Å². The van der Waals surface area contributed by atoms with Gasteiger partial charge < -0.3 is 21.1 Å². The number of aliphatic hydroxyl groups excluding tert-OH is 2. The molecule has 1 aromatic rings. The molecule has 0 radical (unpaired) electrons. The van der Waals surface area contributed by atoms with Gasteiger partial charge >= 0.3 is 5.97 Å². The Bertz CT molecular complexity index is 353. The molecule has 0 aromatic heterocycles. The zero-order valence-corrected chi connectivity index (χ0v) is 8.00. The molecule has 0 aliphatic rings. The molecule has 15 heavy (non-hydrogen) atoms. The van der Waals surface area contributed by atoms with Gasteiger partial charge in [0.25, 0.3) is 0 Å². The summed E-state index contributed by atoms with van der Waals surface area (Å²) in [4.78, 5) is 10.3. The summed E-state index contributed by atoms with van der Waals surface area (Å²) in [6, 6.07) is 6.34. The van der Waals surface area contributed by atoms with Crippen LogP contribution in [0.3, 0.4) is 0 Å². The number of benzene rings is 1. The summed E-state index contributed by atoms with van der Waals surface area (Å²) in [6.07, 6.45) is -3.07. The Hall–Kier alpha value is -1.59. The maximum atomic E-state index is 10.3. The molecular weight excluding hydrogens is 198 g/mol. The number of anilines is 1. The van der Waals surface area contributed by atoms with E-state index in [1.165, 1.54) is 6.07 Å². The van der Waals surface area contributed by atoms with Crippen LogP contribution in [0.4, 0.5) is 5.69 Å². The Morgan fingerprint density at radius 3 is 2.60 bits per heavy atom. The molecule has 2 atom stereocenters. The SMILES string of the molecule is Nc1cccc(C(O)C(O)CC(=O)O)c1. The summed E-state index contributed by atoms with van der Waals surface area (Å²) in [5.41, 5.74) is 6.35. The molecule has 5 heteroatoms. The van der Waals surface area contributed by atoms with Crippen molar-refractivity contribution in [3.8, 4) is 0 Å². The molecule has 5 N–H and O–H groups in total. The average Bonchev–Trinajstić information content (AvgIpc) is 2.15. The maximum Gasteiger partial charge on any atom is 0.306 e. The predicted molar refractivity (Wildman–Crippen MR) is 54.1 cm³/mol. The third-order valence-corrected chi connectivity index (χ3v) is 2.00. The minimum absolute atomic E-state index is 0.406. The number of hydrogen-bond donors (Lipinski definition) is 4. The molecule has 1 rings (SSSR count). The fourth-order valence-corrected chi connectivity index (χ4v) is 1.26. The summed E-state index contributed by atoms with van der Waals surface area (Å²) < 4.78 is 0. The van der Waals surface area contributed by atoms with E-state index in [1.807, 2.05) is 0 Å². The molecule has 0 aliphatic carbocycles. The van der Waals surface area contributed by atoms with E-state index in [0.29, 0.717) is 11.3 Å². The van der Waals surface area contributed by atoms with Gasteiger partial charge in [-0.2, -0.15) is 0 Å². The van der Waals surface area contributed by atoms with Crippen molar-refractivity contribution >= 4 is 11.7 Å². The fraction of sp³-hybridized carbons (Fsp3) is 0.300. The number of aliphatic hydroxyl groups is 2. The van der Waals surface area contributed by atoms with Gasteiger partial charge in [-0.05, 0) is 17.7 Å². The van der Waals surface area contributed by atoms with E-state index >= 15 is 0 Å². The molecule has 1 aromatic carbocycles. The van der Waals surface area contributed by atoms with Crippen LogP contribution in [0, 0.1) is 0 Å². The van der Waals surface area contributed by atoms with E-state index in [-0.39, 0.29) is 0 Å². The molecular formula is C10H13NO4. The quantitative estimate of drug-likeness (QED) is 0.530. The Labute approximate surface area is 86.8 Å². The first-order chi connectivity index (χ1) is 7.00. The van der Waals surface area contributed by atoms with Crippen molar-refractivity contribution in [1.82, 2.24) is 0 Å². The van der Waals surface area contributed by atoms with Crippen LogP contribution >= 0.6 is 0 Å². The number of carboxylic acids is 1. The molecule has 0 aliphatic heterocycles. The first-order valence-corrected chi connectivity index (χ1v) is 4.44. The highest BCUT2D eigenvalue weighted by Gasteiger charge is 2.20. The maximum absolute atomic E-state index is 10.3. The van der Waals surface area contributed by atoms with Gasteiger partial charge in [0.1, 0.15) is 6.10 Å². The van der Waals surface area contributed by atoms with Gasteiger partial charge in [-0.25, -0.2) is 0 Å². The summed E-state index contributed by atoms with van der Waals surface area (Å²) in [7, 11) is 0. The van der Waals surface area contributed by atoms with Crippen LogP contribution < -0.4 is 5.73 Å². The van der Waals surface area contributed by atoms with Gasteiger partial charge in [-0.3, -0.25) is 4.79 Å². The molecule has 2 unspecified atom stereocenters. The van der Waals surface area contributed by atoms with Crippen molar-refractivity contribution in [2.75, 3.05) is 5.73 Å². The zero-order valence-electron chi connectivity index (χ0n) is 8.00. The van der Waals surface area contributed by atoms with Gasteiger partial charge in [0, 0.05) is 5.69 Å². The topological polar surface area (TPSA) is 104 Å². The minimum atomic E-state index is -1.33. The molecule has 5 nitrogen and oxygen atoms in total. The van der Waals surface area contributed by atoms with Gasteiger partial charge in [0.2, 0.25) is 0 Å². The van der Waals surface area contributed by atoms with E-state index in [9.17, 15) is 15.0 Å². The number of nitrogen functional groups attached to an aromatic ring is 1. The molecule has 0 saturated carbocycles. The standard InChI is InChI=1S/C10H13NO4/c11-7-3-1-2-6(4-7)10(15)8(12)5-9(13)14/h1-4,8,10,12,15H,5,11H2,(H,13,14). The largest absolute Gasteiger partial charge is 0.481 e. The highest BCUT2D eigenvalue weighted by atomic mass is 16.4. The van der Waals surface area contributed by atoms with Crippen LogP contribution in [-0.2, 0) is 4.79 Å². The normalized spacial score (nSPS) is 14.5. The van der Waals surface area contributed by atoms with Crippen molar-refractivity contribution in [2.45, 2.75) is 18.6 Å². The van der Waals surface area contributed by atoms with Crippen molar-refractivity contribution < 1.29 is 20.1 Å². The van der Waals surface area contributed by atoms with Crippen LogP contribution in [0.2, 0.25) is 0 Å². The lowest BCUT2D eigenvalue weighted by Crippen LogP contribution is -2.21. The highest BCUT2D eigenvalue weighted by molar-refractivity contribution is 5.67. The summed E-state index contributed by atoms with van der Waals surface area (Å²) in [6.45, 7) is 0. The minimum Gasteiger partial charge on any atom is -0.481 e. The monoisotopic (exact) mass is 211 g/mol. The van der Waals surface area contributed by atoms with E-state index in [2.05, 4.69) is 0 Å². The number of carbonyl (C=O) groups is 1. The second-order valence-corrected chi connectivity index (χ2v) is 3.28. The lowest BCUT2D eigenvalue weighted by atomic mass is 10.0. The third-order valence-electron chi connectivity index (χ3n) is 2.00. The van der Waals surface area contributed by atoms with Crippen molar-refractivity contribution in [2.24, 2.45) is 0 Å². The van der Waals surface area contributed by atoms with Crippen molar-refractivity contribution in [1.29, 1.82) is 0 Å². The highest BCUT2D eigenvalue weighted by Crippen LogP contribution is 2.20. The Kier molecular flexibility index (Phi) is 3.65. The second-order valence-electron chi connectivity index (χ2n) is 3.28. The van der Waals surface area contributed by atoms with E-state index < -0.39 is 24.6 Å². The number of carboxylic acid groups (broad SMARTS) is 1. The van der Waals surface area contributed by atoms with Gasteiger partial charge in [0.15, 0.2) is 0 Å². The van der Waals surface area contributed by atoms with Crippen LogP contribution in [0.5, 0.6) is 0 Å². The molecule has 82 valence electrons.